The van der Waals surface area contributed by atoms with Crippen LogP contribution in [0.5, 0.6) is 0 Å². The van der Waals surface area contributed by atoms with E-state index >= 15 is 0 Å². The Kier molecular flexibility index (Phi) is 9.69. The Balaban J connectivity index is 4.10. The third kappa shape index (κ3) is 7.91. The van der Waals surface area contributed by atoms with Crippen LogP contribution in [0.1, 0.15) is 58.8 Å². The molecule has 0 aliphatic rings. The number of carboxylic acid groups (broad SMARTS) is 1. The molecule has 1 atom stereocenters. The molecular weight excluding hydrogens is 268 g/mol. The molecule has 0 amide bonds. The van der Waals surface area contributed by atoms with E-state index < -0.39 is 5.97 Å². The van der Waals surface area contributed by atoms with Crippen LogP contribution in [0.15, 0.2) is 11.6 Å². The summed E-state index contributed by atoms with van der Waals surface area (Å²) in [7, 11) is 0. The third-order valence-electron chi connectivity index (χ3n) is 2.52. The summed E-state index contributed by atoms with van der Waals surface area (Å²) in [6.45, 7) is 4.26. The van der Waals surface area contributed by atoms with E-state index in [0.29, 0.717) is 16.8 Å². The van der Waals surface area contributed by atoms with Crippen molar-refractivity contribution in [2.24, 2.45) is 0 Å². The number of alkyl halides is 1. The molecule has 94 valence electrons. The number of unbranched alkanes of at least 4 members (excludes halogenated alkanes) is 3. The average molecular weight is 291 g/mol. The van der Waals surface area contributed by atoms with Gasteiger partial charge in [-0.25, -0.2) is 4.79 Å². The van der Waals surface area contributed by atoms with E-state index in [4.69, 9.17) is 5.11 Å². The van der Waals surface area contributed by atoms with Gasteiger partial charge in [-0.15, -0.1) is 0 Å². The van der Waals surface area contributed by atoms with Gasteiger partial charge >= 0.3 is 5.97 Å². The Morgan fingerprint density at radius 2 is 2.00 bits per heavy atom. The van der Waals surface area contributed by atoms with E-state index in [1.165, 1.54) is 12.8 Å². The molecule has 0 radical (unpaired) electrons. The van der Waals surface area contributed by atoms with Gasteiger partial charge in [0, 0.05) is 10.4 Å². The van der Waals surface area contributed by atoms with Crippen molar-refractivity contribution in [3.05, 3.63) is 11.6 Å². The summed E-state index contributed by atoms with van der Waals surface area (Å²) in [6.07, 6.45) is 8.97. The second kappa shape index (κ2) is 9.88. The van der Waals surface area contributed by atoms with Crippen LogP contribution in [0, 0.1) is 0 Å². The van der Waals surface area contributed by atoms with Gasteiger partial charge in [-0.05, 0) is 25.7 Å². The predicted octanol–water partition coefficient (Wildman–Crippen LogP) is 4.53. The lowest BCUT2D eigenvalue weighted by Gasteiger charge is -2.08. The van der Waals surface area contributed by atoms with E-state index in [1.54, 1.807) is 0 Å². The van der Waals surface area contributed by atoms with Crippen LogP contribution in [0.4, 0.5) is 0 Å². The second-order valence-electron chi connectivity index (χ2n) is 4.12. The van der Waals surface area contributed by atoms with Crippen molar-refractivity contribution in [2.75, 3.05) is 0 Å². The summed E-state index contributed by atoms with van der Waals surface area (Å²) in [5.74, 6) is -0.767. The molecule has 3 heteroatoms. The van der Waals surface area contributed by atoms with Crippen molar-refractivity contribution >= 4 is 21.9 Å². The summed E-state index contributed by atoms with van der Waals surface area (Å²) in [6, 6.07) is 0. The van der Waals surface area contributed by atoms with Crippen molar-refractivity contribution in [1.29, 1.82) is 0 Å². The fraction of sp³-hybridized carbons (Fsp3) is 0.769. The van der Waals surface area contributed by atoms with Crippen molar-refractivity contribution < 1.29 is 9.90 Å². The highest BCUT2D eigenvalue weighted by Crippen LogP contribution is 2.19. The molecule has 0 aromatic heterocycles. The van der Waals surface area contributed by atoms with Crippen molar-refractivity contribution in [3.8, 4) is 0 Å². The number of aliphatic carboxylic acids is 1. The van der Waals surface area contributed by atoms with E-state index in [-0.39, 0.29) is 0 Å². The maximum Gasteiger partial charge on any atom is 0.331 e. The molecule has 0 aliphatic carbocycles. The van der Waals surface area contributed by atoms with Gasteiger partial charge in [-0.3, -0.25) is 0 Å². The molecule has 1 N–H and O–H groups in total. The summed E-state index contributed by atoms with van der Waals surface area (Å²) in [5.41, 5.74) is 0.562. The number of carbonyl (C=O) groups is 1. The molecule has 2 nitrogen and oxygen atoms in total. The van der Waals surface area contributed by atoms with Gasteiger partial charge in [-0.1, -0.05) is 55.1 Å². The van der Waals surface area contributed by atoms with Crippen LogP contribution >= 0.6 is 15.9 Å². The number of carboxylic acids is 1. The standard InChI is InChI=1S/C13H23BrO2/c1-3-5-6-7-9-11(13(15)16)10-12(14)8-4-2/h9,12H,3-8,10H2,1-2H3,(H,15,16)/b11-9+. The van der Waals surface area contributed by atoms with Crippen LogP contribution in [0.2, 0.25) is 0 Å². The molecule has 0 spiro atoms. The first-order valence-electron chi connectivity index (χ1n) is 6.18. The van der Waals surface area contributed by atoms with Gasteiger partial charge < -0.3 is 5.11 Å². The second-order valence-corrected chi connectivity index (χ2v) is 5.42. The monoisotopic (exact) mass is 290 g/mol. The number of hydrogen-bond acceptors (Lipinski definition) is 1. The summed E-state index contributed by atoms with van der Waals surface area (Å²) < 4.78 is 0. The molecule has 0 aliphatic heterocycles. The molecule has 16 heavy (non-hydrogen) atoms. The van der Waals surface area contributed by atoms with E-state index in [2.05, 4.69) is 29.8 Å². The zero-order valence-electron chi connectivity index (χ0n) is 10.3. The van der Waals surface area contributed by atoms with Crippen LogP contribution in [0.3, 0.4) is 0 Å². The van der Waals surface area contributed by atoms with Crippen LogP contribution in [-0.2, 0) is 4.79 Å². The Morgan fingerprint density at radius 3 is 2.50 bits per heavy atom. The first kappa shape index (κ1) is 15.7. The minimum Gasteiger partial charge on any atom is -0.478 e. The number of hydrogen-bond donors (Lipinski definition) is 1. The van der Waals surface area contributed by atoms with E-state index in [0.717, 1.165) is 25.7 Å². The Hall–Kier alpha value is -0.310. The minimum atomic E-state index is -0.767. The van der Waals surface area contributed by atoms with Crippen molar-refractivity contribution in [1.82, 2.24) is 0 Å². The lowest BCUT2D eigenvalue weighted by atomic mass is 10.0. The van der Waals surface area contributed by atoms with Crippen molar-refractivity contribution in [3.63, 3.8) is 0 Å². The van der Waals surface area contributed by atoms with Gasteiger partial charge in [0.1, 0.15) is 0 Å². The highest BCUT2D eigenvalue weighted by Gasteiger charge is 2.12. The number of rotatable bonds is 9. The molecule has 0 bridgehead atoms. The fourth-order valence-electron chi connectivity index (χ4n) is 1.58. The van der Waals surface area contributed by atoms with Gasteiger partial charge in [0.05, 0.1) is 0 Å². The first-order valence-corrected chi connectivity index (χ1v) is 7.09. The summed E-state index contributed by atoms with van der Waals surface area (Å²) >= 11 is 3.53. The molecule has 0 aromatic carbocycles. The minimum absolute atomic E-state index is 0.297. The van der Waals surface area contributed by atoms with Crippen molar-refractivity contribution in [2.45, 2.75) is 63.6 Å². The quantitative estimate of drug-likeness (QED) is 0.385. The molecule has 0 saturated carbocycles. The van der Waals surface area contributed by atoms with Crippen LogP contribution in [-0.4, -0.2) is 15.9 Å². The molecule has 0 heterocycles. The topological polar surface area (TPSA) is 37.3 Å². The number of halogens is 1. The van der Waals surface area contributed by atoms with Gasteiger partial charge in [0.25, 0.3) is 0 Å². The highest BCUT2D eigenvalue weighted by atomic mass is 79.9. The Morgan fingerprint density at radius 1 is 1.31 bits per heavy atom. The van der Waals surface area contributed by atoms with Gasteiger partial charge in [0.2, 0.25) is 0 Å². The fourth-order valence-corrected chi connectivity index (χ4v) is 2.39. The van der Waals surface area contributed by atoms with E-state index in [1.807, 2.05) is 6.08 Å². The first-order chi connectivity index (χ1) is 7.61. The molecular formula is C13H23BrO2. The Labute approximate surface area is 107 Å². The maximum absolute atomic E-state index is 11.0. The maximum atomic E-state index is 11.0. The molecule has 0 aromatic rings. The summed E-state index contributed by atoms with van der Waals surface area (Å²) in [5, 5.41) is 9.06. The zero-order valence-corrected chi connectivity index (χ0v) is 11.9. The normalized spacial score (nSPS) is 13.8. The third-order valence-corrected chi connectivity index (χ3v) is 3.30. The summed E-state index contributed by atoms with van der Waals surface area (Å²) in [4.78, 5) is 11.3. The highest BCUT2D eigenvalue weighted by molar-refractivity contribution is 9.09. The lowest BCUT2D eigenvalue weighted by molar-refractivity contribution is -0.132. The molecule has 0 saturated heterocycles. The lowest BCUT2D eigenvalue weighted by Crippen LogP contribution is -2.07. The van der Waals surface area contributed by atoms with Gasteiger partial charge in [0.15, 0.2) is 0 Å². The zero-order chi connectivity index (χ0) is 12.4. The Bertz CT molecular complexity index is 224. The SMILES string of the molecule is CCCCC/C=C(\CC(Br)CCC)C(=O)O. The van der Waals surface area contributed by atoms with Gasteiger partial charge in [-0.2, -0.15) is 0 Å². The smallest absolute Gasteiger partial charge is 0.331 e. The predicted molar refractivity (Wildman–Crippen MR) is 72.1 cm³/mol. The van der Waals surface area contributed by atoms with E-state index in [9.17, 15) is 4.79 Å². The molecule has 0 fully saturated rings. The largest absolute Gasteiger partial charge is 0.478 e. The number of allylic oxidation sites excluding steroid dienone is 1. The molecule has 0 rings (SSSR count). The van der Waals surface area contributed by atoms with Crippen LogP contribution in [0.25, 0.3) is 0 Å². The van der Waals surface area contributed by atoms with Crippen LogP contribution < -0.4 is 0 Å². The average Bonchev–Trinajstić information content (AvgIpc) is 2.22. The molecule has 1 unspecified atom stereocenters.